The number of ether oxygens (including phenoxy) is 1. The molecule has 19 heavy (non-hydrogen) atoms. The van der Waals surface area contributed by atoms with Crippen LogP contribution < -0.4 is 0 Å². The van der Waals surface area contributed by atoms with E-state index in [2.05, 4.69) is 9.64 Å². The minimum atomic E-state index is -0.776. The van der Waals surface area contributed by atoms with Gasteiger partial charge in [-0.15, -0.1) is 0 Å². The lowest BCUT2D eigenvalue weighted by atomic mass is 10.1. The Kier molecular flexibility index (Phi) is 5.14. The van der Waals surface area contributed by atoms with Crippen molar-refractivity contribution in [1.29, 1.82) is 0 Å². The van der Waals surface area contributed by atoms with Crippen LogP contribution in [-0.2, 0) is 4.74 Å². The van der Waals surface area contributed by atoms with Crippen LogP contribution in [0.5, 0.6) is 0 Å². The first-order valence-electron chi connectivity index (χ1n) is 6.43. The van der Waals surface area contributed by atoms with E-state index in [1.165, 1.54) is 7.11 Å². The molecular formula is C14H23NO4. The SMILES string of the molecule is CCN(CC(C)(C)O)C(C)c1ccc(C(=O)OC)o1. The molecule has 1 rings (SSSR count). The summed E-state index contributed by atoms with van der Waals surface area (Å²) in [5.74, 6) is 0.402. The van der Waals surface area contributed by atoms with Crippen molar-refractivity contribution in [3.05, 3.63) is 23.7 Å². The Morgan fingerprint density at radius 3 is 2.63 bits per heavy atom. The number of nitrogens with zero attached hydrogens (tertiary/aromatic N) is 1. The van der Waals surface area contributed by atoms with Crippen LogP contribution in [0.1, 0.15) is 50.1 Å². The normalized spacial score (nSPS) is 13.6. The van der Waals surface area contributed by atoms with Crippen LogP contribution in [0.4, 0.5) is 0 Å². The summed E-state index contributed by atoms with van der Waals surface area (Å²) in [7, 11) is 1.32. The molecule has 0 spiro atoms. The summed E-state index contributed by atoms with van der Waals surface area (Å²) in [5.41, 5.74) is -0.776. The molecule has 1 aromatic heterocycles. The van der Waals surface area contributed by atoms with Crippen LogP contribution in [0.25, 0.3) is 0 Å². The lowest BCUT2D eigenvalue weighted by Crippen LogP contribution is -2.39. The van der Waals surface area contributed by atoms with E-state index >= 15 is 0 Å². The number of carbonyl (C=O) groups is 1. The fourth-order valence-electron chi connectivity index (χ4n) is 1.99. The van der Waals surface area contributed by atoms with Gasteiger partial charge in [-0.2, -0.15) is 0 Å². The van der Waals surface area contributed by atoms with Gasteiger partial charge in [0.1, 0.15) is 5.76 Å². The Morgan fingerprint density at radius 2 is 2.16 bits per heavy atom. The second-order valence-corrected chi connectivity index (χ2v) is 5.25. The average Bonchev–Trinajstić information content (AvgIpc) is 2.82. The van der Waals surface area contributed by atoms with Gasteiger partial charge in [0, 0.05) is 6.54 Å². The van der Waals surface area contributed by atoms with Gasteiger partial charge in [-0.3, -0.25) is 4.90 Å². The highest BCUT2D eigenvalue weighted by Crippen LogP contribution is 2.24. The third-order valence-corrected chi connectivity index (χ3v) is 2.97. The summed E-state index contributed by atoms with van der Waals surface area (Å²) >= 11 is 0. The Morgan fingerprint density at radius 1 is 1.53 bits per heavy atom. The molecule has 0 amide bonds. The van der Waals surface area contributed by atoms with Crippen molar-refractivity contribution in [3.63, 3.8) is 0 Å². The number of methoxy groups -OCH3 is 1. The van der Waals surface area contributed by atoms with E-state index in [-0.39, 0.29) is 11.8 Å². The zero-order valence-electron chi connectivity index (χ0n) is 12.3. The Labute approximate surface area is 114 Å². The molecule has 108 valence electrons. The zero-order chi connectivity index (χ0) is 14.6. The van der Waals surface area contributed by atoms with E-state index in [4.69, 9.17) is 4.42 Å². The van der Waals surface area contributed by atoms with Gasteiger partial charge >= 0.3 is 5.97 Å². The third kappa shape index (κ3) is 4.36. The number of esters is 1. The maximum absolute atomic E-state index is 11.3. The second kappa shape index (κ2) is 6.21. The highest BCUT2D eigenvalue weighted by molar-refractivity contribution is 5.86. The lowest BCUT2D eigenvalue weighted by molar-refractivity contribution is 0.0212. The number of aliphatic hydroxyl groups is 1. The van der Waals surface area contributed by atoms with E-state index < -0.39 is 11.6 Å². The van der Waals surface area contributed by atoms with Crippen LogP contribution in [0.15, 0.2) is 16.5 Å². The summed E-state index contributed by atoms with van der Waals surface area (Å²) in [6.07, 6.45) is 0. The van der Waals surface area contributed by atoms with Gasteiger partial charge in [0.15, 0.2) is 0 Å². The molecule has 5 heteroatoms. The number of rotatable bonds is 6. The van der Waals surface area contributed by atoms with Crippen LogP contribution in [0, 0.1) is 0 Å². The molecule has 0 aliphatic rings. The predicted molar refractivity (Wildman–Crippen MR) is 72.0 cm³/mol. The Hall–Kier alpha value is -1.33. The van der Waals surface area contributed by atoms with E-state index in [9.17, 15) is 9.90 Å². The highest BCUT2D eigenvalue weighted by atomic mass is 16.5. The van der Waals surface area contributed by atoms with Gasteiger partial charge in [-0.1, -0.05) is 6.92 Å². The molecule has 0 saturated heterocycles. The van der Waals surface area contributed by atoms with E-state index in [0.29, 0.717) is 12.3 Å². The molecular weight excluding hydrogens is 246 g/mol. The minimum Gasteiger partial charge on any atom is -0.463 e. The van der Waals surface area contributed by atoms with Gasteiger partial charge in [0.2, 0.25) is 5.76 Å². The second-order valence-electron chi connectivity index (χ2n) is 5.25. The number of hydrogen-bond acceptors (Lipinski definition) is 5. The van der Waals surface area contributed by atoms with Crippen molar-refractivity contribution < 1.29 is 19.1 Å². The predicted octanol–water partition coefficient (Wildman–Crippen LogP) is 2.22. The fourth-order valence-corrected chi connectivity index (χ4v) is 1.99. The molecule has 0 aromatic carbocycles. The lowest BCUT2D eigenvalue weighted by Gasteiger charge is -2.31. The summed E-state index contributed by atoms with van der Waals surface area (Å²) in [4.78, 5) is 13.4. The van der Waals surface area contributed by atoms with Gasteiger partial charge in [-0.05, 0) is 39.4 Å². The molecule has 1 heterocycles. The maximum Gasteiger partial charge on any atom is 0.373 e. The largest absolute Gasteiger partial charge is 0.463 e. The summed E-state index contributed by atoms with van der Waals surface area (Å²) in [5, 5.41) is 9.90. The summed E-state index contributed by atoms with van der Waals surface area (Å²) in [6.45, 7) is 8.84. The number of carbonyl (C=O) groups excluding carboxylic acids is 1. The molecule has 5 nitrogen and oxygen atoms in total. The molecule has 1 aromatic rings. The van der Waals surface area contributed by atoms with Gasteiger partial charge in [-0.25, -0.2) is 4.79 Å². The van der Waals surface area contributed by atoms with E-state index in [1.807, 2.05) is 13.8 Å². The van der Waals surface area contributed by atoms with Gasteiger partial charge in [0.05, 0.1) is 18.8 Å². The molecule has 0 bridgehead atoms. The zero-order valence-corrected chi connectivity index (χ0v) is 12.3. The summed E-state index contributed by atoms with van der Waals surface area (Å²) in [6, 6.07) is 3.36. The highest BCUT2D eigenvalue weighted by Gasteiger charge is 2.24. The third-order valence-electron chi connectivity index (χ3n) is 2.97. The monoisotopic (exact) mass is 269 g/mol. The smallest absolute Gasteiger partial charge is 0.373 e. The van der Waals surface area contributed by atoms with E-state index in [1.54, 1.807) is 26.0 Å². The summed E-state index contributed by atoms with van der Waals surface area (Å²) < 4.78 is 10.1. The average molecular weight is 269 g/mol. The minimum absolute atomic E-state index is 0.0187. The quantitative estimate of drug-likeness (QED) is 0.802. The number of likely N-dealkylation sites (N-methyl/N-ethyl adjacent to an activating group) is 1. The first-order valence-corrected chi connectivity index (χ1v) is 6.43. The van der Waals surface area contributed by atoms with E-state index in [0.717, 1.165) is 6.54 Å². The molecule has 0 aliphatic carbocycles. The standard InChI is InChI=1S/C14H23NO4/c1-6-15(9-14(3,4)17)10(2)11-7-8-12(19-11)13(16)18-5/h7-8,10,17H,6,9H2,1-5H3. The molecule has 1 atom stereocenters. The van der Waals surface area contributed by atoms with Crippen molar-refractivity contribution in [2.75, 3.05) is 20.2 Å². The molecule has 0 saturated carbocycles. The molecule has 1 unspecified atom stereocenters. The van der Waals surface area contributed by atoms with Gasteiger partial charge < -0.3 is 14.3 Å². The van der Waals surface area contributed by atoms with Crippen molar-refractivity contribution in [2.24, 2.45) is 0 Å². The van der Waals surface area contributed by atoms with Crippen molar-refractivity contribution in [1.82, 2.24) is 4.90 Å². The van der Waals surface area contributed by atoms with Crippen LogP contribution in [0.2, 0.25) is 0 Å². The van der Waals surface area contributed by atoms with Crippen molar-refractivity contribution >= 4 is 5.97 Å². The van der Waals surface area contributed by atoms with Crippen LogP contribution in [0.3, 0.4) is 0 Å². The first-order chi connectivity index (χ1) is 8.78. The van der Waals surface area contributed by atoms with Crippen molar-refractivity contribution in [2.45, 2.75) is 39.3 Å². The topological polar surface area (TPSA) is 62.9 Å². The maximum atomic E-state index is 11.3. The fraction of sp³-hybridized carbons (Fsp3) is 0.643. The van der Waals surface area contributed by atoms with Crippen molar-refractivity contribution in [3.8, 4) is 0 Å². The number of hydrogen-bond donors (Lipinski definition) is 1. The Bertz CT molecular complexity index is 419. The Balaban J connectivity index is 2.83. The molecule has 1 N–H and O–H groups in total. The molecule has 0 fully saturated rings. The van der Waals surface area contributed by atoms with Crippen LogP contribution in [-0.4, -0.2) is 41.8 Å². The molecule has 0 aliphatic heterocycles. The molecule has 0 radical (unpaired) electrons. The number of furan rings is 1. The van der Waals surface area contributed by atoms with Crippen LogP contribution >= 0.6 is 0 Å². The van der Waals surface area contributed by atoms with Gasteiger partial charge in [0.25, 0.3) is 0 Å². The first kappa shape index (κ1) is 15.7.